The molecule has 80 valence electrons. The van der Waals surface area contributed by atoms with Crippen molar-refractivity contribution >= 4 is 23.3 Å². The summed E-state index contributed by atoms with van der Waals surface area (Å²) in [5, 5.41) is 0. The van der Waals surface area contributed by atoms with Crippen LogP contribution < -0.4 is 4.90 Å². The SMILES string of the molecule is Cc1cccnc1N1CC(CCl)CC1=O. The van der Waals surface area contributed by atoms with Crippen LogP contribution >= 0.6 is 11.6 Å². The summed E-state index contributed by atoms with van der Waals surface area (Å²) >= 11 is 5.77. The molecule has 2 rings (SSSR count). The van der Waals surface area contributed by atoms with Crippen molar-refractivity contribution in [1.82, 2.24) is 4.98 Å². The van der Waals surface area contributed by atoms with Crippen LogP contribution in [0.3, 0.4) is 0 Å². The number of halogens is 1. The highest BCUT2D eigenvalue weighted by atomic mass is 35.5. The van der Waals surface area contributed by atoms with Crippen molar-refractivity contribution in [3.8, 4) is 0 Å². The smallest absolute Gasteiger partial charge is 0.228 e. The number of aryl methyl sites for hydroxylation is 1. The van der Waals surface area contributed by atoms with Gasteiger partial charge in [-0.2, -0.15) is 0 Å². The maximum atomic E-state index is 11.7. The Morgan fingerprint density at radius 2 is 2.47 bits per heavy atom. The summed E-state index contributed by atoms with van der Waals surface area (Å²) in [5.41, 5.74) is 1.03. The Labute approximate surface area is 94.1 Å². The largest absolute Gasteiger partial charge is 0.296 e. The predicted octanol–water partition coefficient (Wildman–Crippen LogP) is 1.98. The fourth-order valence-electron chi connectivity index (χ4n) is 1.85. The first-order chi connectivity index (χ1) is 7.22. The van der Waals surface area contributed by atoms with E-state index in [1.807, 2.05) is 19.1 Å². The number of aromatic nitrogens is 1. The number of alkyl halides is 1. The summed E-state index contributed by atoms with van der Waals surface area (Å²) in [5.74, 6) is 1.70. The molecule has 2 heterocycles. The lowest BCUT2D eigenvalue weighted by atomic mass is 10.1. The first kappa shape index (κ1) is 10.4. The van der Waals surface area contributed by atoms with Crippen LogP contribution in [-0.2, 0) is 4.79 Å². The molecule has 0 radical (unpaired) electrons. The van der Waals surface area contributed by atoms with Crippen LogP contribution in [-0.4, -0.2) is 23.3 Å². The van der Waals surface area contributed by atoms with Crippen LogP contribution in [0.5, 0.6) is 0 Å². The van der Waals surface area contributed by atoms with Crippen molar-refractivity contribution in [2.75, 3.05) is 17.3 Å². The van der Waals surface area contributed by atoms with Gasteiger partial charge < -0.3 is 0 Å². The van der Waals surface area contributed by atoms with Crippen LogP contribution in [0.1, 0.15) is 12.0 Å². The first-order valence-corrected chi connectivity index (χ1v) is 5.53. The molecule has 0 aliphatic carbocycles. The van der Waals surface area contributed by atoms with Gasteiger partial charge in [-0.25, -0.2) is 4.98 Å². The number of hydrogen-bond acceptors (Lipinski definition) is 2. The Bertz CT molecular complexity index is 381. The van der Waals surface area contributed by atoms with Crippen molar-refractivity contribution in [3.05, 3.63) is 23.9 Å². The topological polar surface area (TPSA) is 33.2 Å². The number of carbonyl (C=O) groups excluding carboxylic acids is 1. The van der Waals surface area contributed by atoms with Gasteiger partial charge in [0.1, 0.15) is 5.82 Å². The van der Waals surface area contributed by atoms with E-state index in [4.69, 9.17) is 11.6 Å². The van der Waals surface area contributed by atoms with E-state index in [0.29, 0.717) is 18.8 Å². The van der Waals surface area contributed by atoms with E-state index in [2.05, 4.69) is 4.98 Å². The molecule has 1 atom stereocenters. The van der Waals surface area contributed by atoms with E-state index in [1.54, 1.807) is 11.1 Å². The summed E-state index contributed by atoms with van der Waals surface area (Å²) in [6.07, 6.45) is 2.25. The Kier molecular flexibility index (Phi) is 2.91. The monoisotopic (exact) mass is 224 g/mol. The Morgan fingerprint density at radius 3 is 3.07 bits per heavy atom. The second kappa shape index (κ2) is 4.19. The van der Waals surface area contributed by atoms with E-state index in [0.717, 1.165) is 11.4 Å². The molecule has 1 aliphatic heterocycles. The molecule has 1 unspecified atom stereocenters. The molecule has 3 nitrogen and oxygen atoms in total. The van der Waals surface area contributed by atoms with Gasteiger partial charge in [-0.3, -0.25) is 9.69 Å². The van der Waals surface area contributed by atoms with Crippen LogP contribution in [0, 0.1) is 12.8 Å². The van der Waals surface area contributed by atoms with Gasteiger partial charge in [-0.15, -0.1) is 11.6 Å². The molecule has 1 aromatic rings. The van der Waals surface area contributed by atoms with Gasteiger partial charge in [-0.1, -0.05) is 6.07 Å². The highest BCUT2D eigenvalue weighted by Gasteiger charge is 2.31. The van der Waals surface area contributed by atoms with Gasteiger partial charge in [-0.05, 0) is 24.5 Å². The number of nitrogens with zero attached hydrogens (tertiary/aromatic N) is 2. The summed E-state index contributed by atoms with van der Waals surface area (Å²) in [6, 6.07) is 3.84. The predicted molar refractivity (Wildman–Crippen MR) is 60.2 cm³/mol. The minimum Gasteiger partial charge on any atom is -0.296 e. The van der Waals surface area contributed by atoms with Crippen molar-refractivity contribution < 1.29 is 4.79 Å². The van der Waals surface area contributed by atoms with Crippen LogP contribution in [0.25, 0.3) is 0 Å². The molecule has 1 fully saturated rings. The maximum absolute atomic E-state index is 11.7. The second-order valence-corrected chi connectivity index (χ2v) is 4.18. The summed E-state index contributed by atoms with van der Waals surface area (Å²) in [6.45, 7) is 2.66. The summed E-state index contributed by atoms with van der Waals surface area (Å²) in [4.78, 5) is 17.7. The molecule has 1 aromatic heterocycles. The van der Waals surface area contributed by atoms with E-state index in [1.165, 1.54) is 0 Å². The fraction of sp³-hybridized carbons (Fsp3) is 0.455. The lowest BCUT2D eigenvalue weighted by Gasteiger charge is -2.16. The third-order valence-corrected chi connectivity index (χ3v) is 3.10. The zero-order valence-corrected chi connectivity index (χ0v) is 9.37. The Morgan fingerprint density at radius 1 is 1.67 bits per heavy atom. The van der Waals surface area contributed by atoms with Crippen molar-refractivity contribution in [2.24, 2.45) is 5.92 Å². The number of amides is 1. The minimum atomic E-state index is 0.127. The molecular weight excluding hydrogens is 212 g/mol. The molecule has 0 aromatic carbocycles. The molecule has 4 heteroatoms. The van der Waals surface area contributed by atoms with Gasteiger partial charge in [0.05, 0.1) is 0 Å². The molecule has 0 spiro atoms. The van der Waals surface area contributed by atoms with E-state index in [-0.39, 0.29) is 11.8 Å². The Balaban J connectivity index is 2.25. The fourth-order valence-corrected chi connectivity index (χ4v) is 2.06. The second-order valence-electron chi connectivity index (χ2n) is 3.87. The Hall–Kier alpha value is -1.09. The normalized spacial score (nSPS) is 21.1. The van der Waals surface area contributed by atoms with E-state index in [9.17, 15) is 4.79 Å². The zero-order valence-electron chi connectivity index (χ0n) is 8.61. The lowest BCUT2D eigenvalue weighted by molar-refractivity contribution is -0.117. The number of anilines is 1. The first-order valence-electron chi connectivity index (χ1n) is 5.00. The summed E-state index contributed by atoms with van der Waals surface area (Å²) < 4.78 is 0. The number of hydrogen-bond donors (Lipinski definition) is 0. The third kappa shape index (κ3) is 1.97. The molecule has 0 N–H and O–H groups in total. The summed E-state index contributed by atoms with van der Waals surface area (Å²) in [7, 11) is 0. The highest BCUT2D eigenvalue weighted by Crippen LogP contribution is 2.26. The van der Waals surface area contributed by atoms with Crippen molar-refractivity contribution in [1.29, 1.82) is 0 Å². The van der Waals surface area contributed by atoms with Crippen molar-refractivity contribution in [3.63, 3.8) is 0 Å². The number of rotatable bonds is 2. The maximum Gasteiger partial charge on any atom is 0.228 e. The third-order valence-electron chi connectivity index (χ3n) is 2.66. The van der Waals surface area contributed by atoms with Gasteiger partial charge >= 0.3 is 0 Å². The number of carbonyl (C=O) groups is 1. The molecule has 15 heavy (non-hydrogen) atoms. The van der Waals surface area contributed by atoms with Gasteiger partial charge in [0.15, 0.2) is 0 Å². The van der Waals surface area contributed by atoms with E-state index < -0.39 is 0 Å². The van der Waals surface area contributed by atoms with E-state index >= 15 is 0 Å². The average molecular weight is 225 g/mol. The minimum absolute atomic E-state index is 0.127. The standard InChI is InChI=1S/C11H13ClN2O/c1-8-3-2-4-13-11(8)14-7-9(6-12)5-10(14)15/h2-4,9H,5-7H2,1H3. The lowest BCUT2D eigenvalue weighted by Crippen LogP contribution is -2.26. The van der Waals surface area contributed by atoms with Crippen molar-refractivity contribution in [2.45, 2.75) is 13.3 Å². The van der Waals surface area contributed by atoms with Crippen LogP contribution in [0.4, 0.5) is 5.82 Å². The van der Waals surface area contributed by atoms with Gasteiger partial charge in [0.25, 0.3) is 0 Å². The molecule has 0 saturated carbocycles. The zero-order chi connectivity index (χ0) is 10.8. The van der Waals surface area contributed by atoms with Gasteiger partial charge in [0.2, 0.25) is 5.91 Å². The average Bonchev–Trinajstić information content (AvgIpc) is 2.60. The number of pyridine rings is 1. The molecule has 1 aliphatic rings. The quantitative estimate of drug-likeness (QED) is 0.720. The highest BCUT2D eigenvalue weighted by molar-refractivity contribution is 6.18. The molecule has 0 bridgehead atoms. The molecule has 1 saturated heterocycles. The molecule has 1 amide bonds. The van der Waals surface area contributed by atoms with Crippen LogP contribution in [0.2, 0.25) is 0 Å². The van der Waals surface area contributed by atoms with Crippen LogP contribution in [0.15, 0.2) is 18.3 Å². The molecular formula is C11H13ClN2O. The van der Waals surface area contributed by atoms with Gasteiger partial charge in [0, 0.05) is 25.0 Å².